The number of hydrogen-bond acceptors (Lipinski definition) is 3. The van der Waals surface area contributed by atoms with Crippen molar-refractivity contribution < 1.29 is 22.7 Å². The molecule has 0 aliphatic rings. The van der Waals surface area contributed by atoms with E-state index in [9.17, 15) is 18.0 Å². The Morgan fingerprint density at radius 3 is 2.53 bits per heavy atom. The number of ether oxygens (including phenoxy) is 1. The first kappa shape index (κ1) is 15.6. The molecular formula is C12H13ClF3NO2. The summed E-state index contributed by atoms with van der Waals surface area (Å²) in [5.74, 6) is -0.508. The Bertz CT molecular complexity index is 461. The van der Waals surface area contributed by atoms with E-state index in [0.29, 0.717) is 0 Å². The van der Waals surface area contributed by atoms with Crippen LogP contribution in [-0.2, 0) is 15.7 Å². The zero-order valence-corrected chi connectivity index (χ0v) is 11.1. The minimum absolute atomic E-state index is 0.104. The maximum Gasteiger partial charge on any atom is 0.416 e. The van der Waals surface area contributed by atoms with Crippen LogP contribution in [0.2, 0.25) is 5.02 Å². The number of nitrogens with one attached hydrogen (secondary N) is 1. The van der Waals surface area contributed by atoms with Crippen LogP contribution in [0, 0.1) is 0 Å². The van der Waals surface area contributed by atoms with Gasteiger partial charge in [0.05, 0.1) is 22.4 Å². The van der Waals surface area contributed by atoms with Gasteiger partial charge >= 0.3 is 12.1 Å². The van der Waals surface area contributed by atoms with Gasteiger partial charge in [0.15, 0.2) is 0 Å². The molecule has 19 heavy (non-hydrogen) atoms. The van der Waals surface area contributed by atoms with Crippen molar-refractivity contribution in [3.05, 3.63) is 28.8 Å². The van der Waals surface area contributed by atoms with Crippen molar-refractivity contribution >= 4 is 23.3 Å². The Hall–Kier alpha value is -1.43. The normalized spacial score (nSPS) is 11.5. The molecule has 0 aliphatic heterocycles. The summed E-state index contributed by atoms with van der Waals surface area (Å²) < 4.78 is 42.1. The molecule has 0 aromatic heterocycles. The first-order chi connectivity index (χ1) is 8.70. The van der Waals surface area contributed by atoms with Gasteiger partial charge in [-0.25, -0.2) is 0 Å². The number of anilines is 1. The number of carbonyl (C=O) groups excluding carboxylic acids is 1. The van der Waals surface area contributed by atoms with Crippen molar-refractivity contribution in [3.8, 4) is 0 Å². The SMILES string of the molecule is CC(C)OC(=O)CNc1ccc(C(F)(F)F)cc1Cl. The van der Waals surface area contributed by atoms with Gasteiger partial charge < -0.3 is 10.1 Å². The van der Waals surface area contributed by atoms with E-state index in [-0.39, 0.29) is 23.4 Å². The maximum absolute atomic E-state index is 12.4. The number of rotatable bonds is 4. The summed E-state index contributed by atoms with van der Waals surface area (Å²) >= 11 is 5.71. The van der Waals surface area contributed by atoms with Gasteiger partial charge in [-0.3, -0.25) is 4.79 Å². The molecule has 0 amide bonds. The largest absolute Gasteiger partial charge is 0.462 e. The molecule has 0 fully saturated rings. The summed E-state index contributed by atoms with van der Waals surface area (Å²) in [6.07, 6.45) is -4.70. The van der Waals surface area contributed by atoms with Crippen molar-refractivity contribution in [2.24, 2.45) is 0 Å². The number of alkyl halides is 3. The van der Waals surface area contributed by atoms with Gasteiger partial charge in [0.1, 0.15) is 6.54 Å². The second kappa shape index (κ2) is 6.14. The Balaban J connectivity index is 2.68. The summed E-state index contributed by atoms with van der Waals surface area (Å²) in [7, 11) is 0. The monoisotopic (exact) mass is 295 g/mol. The van der Waals surface area contributed by atoms with E-state index in [1.165, 1.54) is 6.07 Å². The number of carbonyl (C=O) groups is 1. The maximum atomic E-state index is 12.4. The van der Waals surface area contributed by atoms with E-state index in [4.69, 9.17) is 16.3 Å². The molecule has 0 unspecified atom stereocenters. The second-order valence-corrected chi connectivity index (χ2v) is 4.49. The molecule has 106 valence electrons. The summed E-state index contributed by atoms with van der Waals surface area (Å²) in [6, 6.07) is 2.87. The lowest BCUT2D eigenvalue weighted by molar-refractivity contribution is -0.145. The van der Waals surface area contributed by atoms with E-state index in [2.05, 4.69) is 5.32 Å². The van der Waals surface area contributed by atoms with Crippen molar-refractivity contribution in [2.45, 2.75) is 26.1 Å². The molecule has 0 aliphatic carbocycles. The Labute approximate surface area is 113 Å². The van der Waals surface area contributed by atoms with Gasteiger partial charge in [0.25, 0.3) is 0 Å². The number of hydrogen-bond donors (Lipinski definition) is 1. The van der Waals surface area contributed by atoms with Crippen LogP contribution in [0.3, 0.4) is 0 Å². The van der Waals surface area contributed by atoms with E-state index in [0.717, 1.165) is 12.1 Å². The van der Waals surface area contributed by atoms with E-state index < -0.39 is 17.7 Å². The van der Waals surface area contributed by atoms with Crippen molar-refractivity contribution in [1.29, 1.82) is 0 Å². The smallest absolute Gasteiger partial charge is 0.416 e. The summed E-state index contributed by atoms with van der Waals surface area (Å²) in [6.45, 7) is 3.23. The van der Waals surface area contributed by atoms with Crippen LogP contribution in [0.4, 0.5) is 18.9 Å². The number of benzene rings is 1. The third-order valence-corrected chi connectivity index (χ3v) is 2.40. The minimum atomic E-state index is -4.45. The molecule has 0 saturated heterocycles. The Morgan fingerprint density at radius 1 is 1.42 bits per heavy atom. The fourth-order valence-electron chi connectivity index (χ4n) is 1.31. The van der Waals surface area contributed by atoms with Crippen molar-refractivity contribution in [3.63, 3.8) is 0 Å². The summed E-state index contributed by atoms with van der Waals surface area (Å²) in [5.41, 5.74) is -0.594. The molecule has 0 saturated carbocycles. The first-order valence-corrected chi connectivity index (χ1v) is 5.88. The quantitative estimate of drug-likeness (QED) is 0.860. The number of esters is 1. The molecule has 0 radical (unpaired) electrons. The predicted octanol–water partition coefficient (Wildman–Crippen LogP) is 3.72. The topological polar surface area (TPSA) is 38.3 Å². The van der Waals surface area contributed by atoms with Crippen molar-refractivity contribution in [1.82, 2.24) is 0 Å². The Morgan fingerprint density at radius 2 is 2.05 bits per heavy atom. The van der Waals surface area contributed by atoms with Crippen LogP contribution in [0.5, 0.6) is 0 Å². The third kappa shape index (κ3) is 4.98. The molecule has 1 aromatic carbocycles. The lowest BCUT2D eigenvalue weighted by atomic mass is 10.2. The highest BCUT2D eigenvalue weighted by Gasteiger charge is 2.30. The first-order valence-electron chi connectivity index (χ1n) is 5.50. The molecule has 0 heterocycles. The molecule has 3 nitrogen and oxygen atoms in total. The molecule has 0 spiro atoms. The van der Waals surface area contributed by atoms with Crippen LogP contribution in [-0.4, -0.2) is 18.6 Å². The minimum Gasteiger partial charge on any atom is -0.462 e. The fourth-order valence-corrected chi connectivity index (χ4v) is 1.55. The van der Waals surface area contributed by atoms with E-state index in [1.54, 1.807) is 13.8 Å². The van der Waals surface area contributed by atoms with E-state index >= 15 is 0 Å². The van der Waals surface area contributed by atoms with Gasteiger partial charge in [0, 0.05) is 0 Å². The fraction of sp³-hybridized carbons (Fsp3) is 0.417. The highest BCUT2D eigenvalue weighted by atomic mass is 35.5. The van der Waals surface area contributed by atoms with Gasteiger partial charge in [-0.1, -0.05) is 11.6 Å². The highest BCUT2D eigenvalue weighted by molar-refractivity contribution is 6.33. The van der Waals surface area contributed by atoms with Crippen LogP contribution in [0.25, 0.3) is 0 Å². The lowest BCUT2D eigenvalue weighted by Gasteiger charge is -2.12. The predicted molar refractivity (Wildman–Crippen MR) is 66.2 cm³/mol. The lowest BCUT2D eigenvalue weighted by Crippen LogP contribution is -2.20. The van der Waals surface area contributed by atoms with Gasteiger partial charge in [-0.15, -0.1) is 0 Å². The highest BCUT2D eigenvalue weighted by Crippen LogP contribution is 2.33. The van der Waals surface area contributed by atoms with Crippen molar-refractivity contribution in [2.75, 3.05) is 11.9 Å². The zero-order valence-electron chi connectivity index (χ0n) is 10.3. The molecular weight excluding hydrogens is 283 g/mol. The average molecular weight is 296 g/mol. The van der Waals surface area contributed by atoms with Crippen LogP contribution < -0.4 is 5.32 Å². The molecule has 1 rings (SSSR count). The standard InChI is InChI=1S/C12H13ClF3NO2/c1-7(2)19-11(18)6-17-10-4-3-8(5-9(10)13)12(14,15)16/h3-5,7,17H,6H2,1-2H3. The zero-order chi connectivity index (χ0) is 14.6. The molecule has 1 N–H and O–H groups in total. The van der Waals surface area contributed by atoms with Gasteiger partial charge in [-0.05, 0) is 32.0 Å². The van der Waals surface area contributed by atoms with E-state index in [1.807, 2.05) is 0 Å². The van der Waals surface area contributed by atoms with Crippen LogP contribution in [0.1, 0.15) is 19.4 Å². The second-order valence-electron chi connectivity index (χ2n) is 4.08. The number of halogens is 4. The third-order valence-electron chi connectivity index (χ3n) is 2.09. The van der Waals surface area contributed by atoms with Gasteiger partial charge in [-0.2, -0.15) is 13.2 Å². The Kier molecular flexibility index (Phi) is 5.05. The summed E-state index contributed by atoms with van der Waals surface area (Å²) in [5, 5.41) is 2.52. The van der Waals surface area contributed by atoms with Crippen LogP contribution in [0.15, 0.2) is 18.2 Å². The molecule has 7 heteroatoms. The average Bonchev–Trinajstić information content (AvgIpc) is 2.25. The molecule has 0 bridgehead atoms. The summed E-state index contributed by atoms with van der Waals surface area (Å²) in [4.78, 5) is 11.3. The van der Waals surface area contributed by atoms with Gasteiger partial charge in [0.2, 0.25) is 0 Å². The molecule has 1 aromatic rings. The van der Waals surface area contributed by atoms with Crippen LogP contribution >= 0.6 is 11.6 Å². The molecule has 0 atom stereocenters.